The van der Waals surface area contributed by atoms with E-state index in [0.717, 1.165) is 0 Å². The summed E-state index contributed by atoms with van der Waals surface area (Å²) in [6.07, 6.45) is -14.8. The minimum atomic E-state index is -1.76. The third-order valence-corrected chi connectivity index (χ3v) is 5.84. The number of aliphatic hydroxyl groups excluding tert-OH is 7. The molecule has 2 aliphatic heterocycles. The maximum absolute atomic E-state index is 11.4. The van der Waals surface area contributed by atoms with Crippen LogP contribution < -0.4 is 10.1 Å². The maximum atomic E-state index is 11.4. The molecule has 2 saturated heterocycles. The van der Waals surface area contributed by atoms with Crippen LogP contribution in [0.3, 0.4) is 0 Å². The lowest BCUT2D eigenvalue weighted by molar-refractivity contribution is -0.342. The summed E-state index contributed by atoms with van der Waals surface area (Å²) in [6, 6.07) is 6.28. The highest BCUT2D eigenvalue weighted by atomic mass is 16.7. The van der Waals surface area contributed by atoms with Gasteiger partial charge in [-0.3, -0.25) is 4.79 Å². The highest BCUT2D eigenvalue weighted by molar-refractivity contribution is 5.77. The normalized spacial score (nSPS) is 38.4. The minimum absolute atomic E-state index is 0.241. The summed E-state index contributed by atoms with van der Waals surface area (Å²) in [5.41, 5.74) is 0.384. The van der Waals surface area contributed by atoms with Crippen LogP contribution in [-0.4, -0.2) is 124 Å². The van der Waals surface area contributed by atoms with Crippen molar-refractivity contribution in [1.82, 2.24) is 5.32 Å². The van der Waals surface area contributed by atoms with Crippen LogP contribution in [0.4, 0.5) is 0 Å². The van der Waals surface area contributed by atoms with Gasteiger partial charge in [0.2, 0.25) is 0 Å². The number of hydrogen-bond acceptors (Lipinski definition) is 12. The first-order chi connectivity index (χ1) is 16.2. The molecule has 1 aromatic carbocycles. The summed E-state index contributed by atoms with van der Waals surface area (Å²) >= 11 is 0. The zero-order valence-corrected chi connectivity index (χ0v) is 18.4. The van der Waals surface area contributed by atoms with Gasteiger partial charge in [0.15, 0.2) is 12.9 Å². The zero-order valence-electron chi connectivity index (χ0n) is 18.4. The van der Waals surface area contributed by atoms with Crippen LogP contribution >= 0.6 is 0 Å². The van der Waals surface area contributed by atoms with E-state index >= 15 is 0 Å². The van der Waals surface area contributed by atoms with Gasteiger partial charge >= 0.3 is 0 Å². The lowest BCUT2D eigenvalue weighted by Gasteiger charge is -2.46. The fourth-order valence-electron chi connectivity index (χ4n) is 3.86. The van der Waals surface area contributed by atoms with E-state index < -0.39 is 74.4 Å². The van der Waals surface area contributed by atoms with Crippen LogP contribution in [-0.2, 0) is 19.0 Å². The molecular weight excluding hydrogens is 458 g/mol. The first-order valence-electron chi connectivity index (χ1n) is 10.7. The van der Waals surface area contributed by atoms with Gasteiger partial charge in [0.05, 0.1) is 13.2 Å². The van der Waals surface area contributed by atoms with Crippen molar-refractivity contribution in [3.8, 4) is 5.75 Å². The zero-order chi connectivity index (χ0) is 25.0. The second kappa shape index (κ2) is 11.7. The molecule has 2 aliphatic rings. The van der Waals surface area contributed by atoms with Crippen molar-refractivity contribution in [2.24, 2.45) is 0 Å². The van der Waals surface area contributed by atoms with Crippen molar-refractivity contribution in [3.63, 3.8) is 0 Å². The van der Waals surface area contributed by atoms with Crippen LogP contribution in [0, 0.1) is 0 Å². The first kappa shape index (κ1) is 26.7. The van der Waals surface area contributed by atoms with E-state index in [0.29, 0.717) is 11.3 Å². The number of ether oxygens (including phenoxy) is 4. The molecule has 2 heterocycles. The Morgan fingerprint density at radius 3 is 2.26 bits per heavy atom. The Labute approximate surface area is 195 Å². The highest BCUT2D eigenvalue weighted by Gasteiger charge is 2.50. The summed E-state index contributed by atoms with van der Waals surface area (Å²) in [6.45, 7) is -1.56. The van der Waals surface area contributed by atoms with Gasteiger partial charge in [-0.2, -0.15) is 0 Å². The van der Waals surface area contributed by atoms with Crippen LogP contribution in [0.1, 0.15) is 11.7 Å². The van der Waals surface area contributed by atoms with Gasteiger partial charge < -0.3 is 60.0 Å². The first-order valence-corrected chi connectivity index (χ1v) is 10.7. The van der Waals surface area contributed by atoms with Crippen LogP contribution in [0.15, 0.2) is 24.3 Å². The van der Waals surface area contributed by atoms with Crippen LogP contribution in [0.5, 0.6) is 5.75 Å². The molecule has 13 nitrogen and oxygen atoms in total. The van der Waals surface area contributed by atoms with Crippen molar-refractivity contribution in [2.45, 2.75) is 61.2 Å². The molecule has 2 fully saturated rings. The smallest absolute Gasteiger partial charge is 0.257 e. The SMILES string of the molecule is CNC(=O)COc1cccc([C@H]2O[C@H](CO)[C@@H](O)[C@H](O[C@H]3O[C@H](CO)[C@@H](O)[C@H](O)[C@@H]3O)[C@@H]2O)c1. The fourth-order valence-corrected chi connectivity index (χ4v) is 3.86. The van der Waals surface area contributed by atoms with Gasteiger partial charge in [0, 0.05) is 7.05 Å². The van der Waals surface area contributed by atoms with E-state index in [4.69, 9.17) is 18.9 Å². The molecule has 13 heteroatoms. The van der Waals surface area contributed by atoms with Gasteiger partial charge in [-0.25, -0.2) is 0 Å². The molecule has 0 saturated carbocycles. The predicted molar refractivity (Wildman–Crippen MR) is 111 cm³/mol. The average molecular weight is 489 g/mol. The fraction of sp³-hybridized carbons (Fsp3) is 0.667. The van der Waals surface area contributed by atoms with Gasteiger partial charge in [0.25, 0.3) is 5.91 Å². The Hall–Kier alpha value is -1.91. The Balaban J connectivity index is 1.81. The van der Waals surface area contributed by atoms with Crippen molar-refractivity contribution in [1.29, 1.82) is 0 Å². The molecule has 10 atom stereocenters. The maximum Gasteiger partial charge on any atom is 0.257 e. The van der Waals surface area contributed by atoms with Crippen LogP contribution in [0.25, 0.3) is 0 Å². The Bertz CT molecular complexity index is 810. The largest absolute Gasteiger partial charge is 0.484 e. The number of likely N-dealkylation sites (N-methyl/N-ethyl adjacent to an activating group) is 1. The van der Waals surface area contributed by atoms with Gasteiger partial charge in [0.1, 0.15) is 60.7 Å². The quantitative estimate of drug-likeness (QED) is 0.177. The monoisotopic (exact) mass is 489 g/mol. The molecule has 0 unspecified atom stereocenters. The van der Waals surface area contributed by atoms with Gasteiger partial charge in [-0.05, 0) is 17.7 Å². The van der Waals surface area contributed by atoms with Crippen molar-refractivity contribution < 1.29 is 59.5 Å². The molecule has 192 valence electrons. The summed E-state index contributed by atoms with van der Waals surface area (Å²) in [7, 11) is 1.46. The summed E-state index contributed by atoms with van der Waals surface area (Å²) in [5, 5.41) is 73.2. The molecule has 0 bridgehead atoms. The molecule has 1 aromatic rings. The number of carbonyl (C=O) groups excluding carboxylic acids is 1. The lowest BCUT2D eigenvalue weighted by Crippen LogP contribution is -2.63. The van der Waals surface area contributed by atoms with Gasteiger partial charge in [-0.15, -0.1) is 0 Å². The van der Waals surface area contributed by atoms with E-state index in [1.165, 1.54) is 13.1 Å². The number of carbonyl (C=O) groups is 1. The Morgan fingerprint density at radius 1 is 0.941 bits per heavy atom. The number of amides is 1. The topological polar surface area (TPSA) is 208 Å². The molecule has 0 radical (unpaired) electrons. The standard InChI is InChI=1S/C21H31NO12/c1-22-13(25)8-31-10-4-2-3-9(5-10)19-18(30)20(15(27)12(7-24)32-19)34-21-17(29)16(28)14(26)11(6-23)33-21/h2-5,11-12,14-21,23-24,26-30H,6-8H2,1H3,(H,22,25)/t11-,12-,14-,15-,16+,17+,18-,19-,20+,21-/m1/s1. The van der Waals surface area contributed by atoms with E-state index in [1.807, 2.05) is 0 Å². The lowest BCUT2D eigenvalue weighted by atomic mass is 9.90. The number of rotatable bonds is 8. The average Bonchev–Trinajstić information content (AvgIpc) is 2.85. The molecule has 0 aliphatic carbocycles. The Kier molecular flexibility index (Phi) is 9.17. The summed E-state index contributed by atoms with van der Waals surface area (Å²) < 4.78 is 22.0. The van der Waals surface area contributed by atoms with Gasteiger partial charge in [-0.1, -0.05) is 12.1 Å². The second-order valence-electron chi connectivity index (χ2n) is 8.09. The number of nitrogens with one attached hydrogen (secondary N) is 1. The third kappa shape index (κ3) is 5.66. The van der Waals surface area contributed by atoms with E-state index in [2.05, 4.69) is 5.32 Å². The number of aliphatic hydroxyl groups is 7. The van der Waals surface area contributed by atoms with Crippen molar-refractivity contribution in [2.75, 3.05) is 26.9 Å². The van der Waals surface area contributed by atoms with Crippen LogP contribution in [0.2, 0.25) is 0 Å². The molecule has 34 heavy (non-hydrogen) atoms. The highest BCUT2D eigenvalue weighted by Crippen LogP contribution is 2.36. The van der Waals surface area contributed by atoms with E-state index in [1.54, 1.807) is 18.2 Å². The molecular formula is C21H31NO12. The van der Waals surface area contributed by atoms with E-state index in [-0.39, 0.29) is 12.5 Å². The molecule has 1 amide bonds. The Morgan fingerprint density at radius 2 is 1.62 bits per heavy atom. The van der Waals surface area contributed by atoms with E-state index in [9.17, 15) is 40.5 Å². The second-order valence-corrected chi connectivity index (χ2v) is 8.09. The van der Waals surface area contributed by atoms with Crippen molar-refractivity contribution >= 4 is 5.91 Å². The number of benzene rings is 1. The number of hydrogen-bond donors (Lipinski definition) is 8. The summed E-state index contributed by atoms with van der Waals surface area (Å²) in [5.74, 6) is -0.0502. The molecule has 0 spiro atoms. The molecule has 3 rings (SSSR count). The molecule has 0 aromatic heterocycles. The third-order valence-electron chi connectivity index (χ3n) is 5.84. The minimum Gasteiger partial charge on any atom is -0.484 e. The van der Waals surface area contributed by atoms with Crippen molar-refractivity contribution in [3.05, 3.63) is 29.8 Å². The molecule has 8 N–H and O–H groups in total. The predicted octanol–water partition coefficient (Wildman–Crippen LogP) is -3.85. The summed E-state index contributed by atoms with van der Waals surface area (Å²) in [4.78, 5) is 11.4.